The van der Waals surface area contributed by atoms with Crippen LogP contribution in [0.3, 0.4) is 0 Å². The molecule has 2 atom stereocenters. The van der Waals surface area contributed by atoms with Gasteiger partial charge in [0.1, 0.15) is 5.60 Å². The summed E-state index contributed by atoms with van der Waals surface area (Å²) < 4.78 is 5.29. The molecule has 1 rings (SSSR count). The molecular formula is C17H34N2O2. The molecule has 0 spiro atoms. The number of amides is 1. The highest BCUT2D eigenvalue weighted by Gasteiger charge is 2.32. The highest BCUT2D eigenvalue weighted by Crippen LogP contribution is 2.32. The first-order valence-electron chi connectivity index (χ1n) is 8.40. The quantitative estimate of drug-likeness (QED) is 0.718. The van der Waals surface area contributed by atoms with E-state index in [2.05, 4.69) is 31.4 Å². The van der Waals surface area contributed by atoms with Crippen LogP contribution in [0.1, 0.15) is 67.2 Å². The van der Waals surface area contributed by atoms with Crippen LogP contribution in [0, 0.1) is 11.8 Å². The van der Waals surface area contributed by atoms with Gasteiger partial charge in [-0.15, -0.1) is 0 Å². The van der Waals surface area contributed by atoms with Gasteiger partial charge < -0.3 is 15.4 Å². The van der Waals surface area contributed by atoms with Crippen LogP contribution in [0.25, 0.3) is 0 Å². The maximum atomic E-state index is 11.7. The van der Waals surface area contributed by atoms with Crippen LogP contribution in [0.2, 0.25) is 0 Å². The minimum atomic E-state index is -0.433. The summed E-state index contributed by atoms with van der Waals surface area (Å²) in [5.41, 5.74) is -0.433. The molecule has 1 amide bonds. The second-order valence-electron chi connectivity index (χ2n) is 7.87. The van der Waals surface area contributed by atoms with Gasteiger partial charge in [-0.3, -0.25) is 0 Å². The Labute approximate surface area is 130 Å². The highest BCUT2D eigenvalue weighted by molar-refractivity contribution is 5.67. The Morgan fingerprint density at radius 2 is 1.81 bits per heavy atom. The first-order valence-corrected chi connectivity index (χ1v) is 8.40. The Balaban J connectivity index is 2.32. The lowest BCUT2D eigenvalue weighted by molar-refractivity contribution is 0.0520. The number of nitrogens with one attached hydrogen (secondary N) is 2. The third-order valence-electron chi connectivity index (χ3n) is 3.73. The number of hydrogen-bond donors (Lipinski definition) is 2. The molecule has 0 radical (unpaired) electrons. The second-order valence-corrected chi connectivity index (χ2v) is 7.87. The summed E-state index contributed by atoms with van der Waals surface area (Å²) in [5.74, 6) is 1.45. The minimum Gasteiger partial charge on any atom is -0.444 e. The Morgan fingerprint density at radius 1 is 1.19 bits per heavy atom. The molecule has 2 N–H and O–H groups in total. The summed E-state index contributed by atoms with van der Waals surface area (Å²) >= 11 is 0. The third kappa shape index (κ3) is 8.97. The highest BCUT2D eigenvalue weighted by atomic mass is 16.6. The van der Waals surface area contributed by atoms with Crippen LogP contribution in [-0.4, -0.2) is 30.3 Å². The number of carbonyl (C=O) groups excluding carboxylic acids is 1. The monoisotopic (exact) mass is 298 g/mol. The van der Waals surface area contributed by atoms with Gasteiger partial charge >= 0.3 is 6.09 Å². The average molecular weight is 298 g/mol. The summed E-state index contributed by atoms with van der Waals surface area (Å²) in [6, 6.07) is 0.873. The van der Waals surface area contributed by atoms with Gasteiger partial charge in [0.15, 0.2) is 0 Å². The molecule has 0 aromatic rings. The maximum absolute atomic E-state index is 11.7. The molecule has 124 valence electrons. The molecular weight excluding hydrogens is 264 g/mol. The molecule has 4 nitrogen and oxygen atoms in total. The summed E-state index contributed by atoms with van der Waals surface area (Å²) in [4.78, 5) is 11.7. The minimum absolute atomic E-state index is 0.315. The van der Waals surface area contributed by atoms with Crippen molar-refractivity contribution in [3.05, 3.63) is 0 Å². The summed E-state index contributed by atoms with van der Waals surface area (Å²) in [5, 5.41) is 6.59. The molecule has 1 fully saturated rings. The first kappa shape index (κ1) is 18.3. The van der Waals surface area contributed by atoms with Crippen LogP contribution in [-0.2, 0) is 4.74 Å². The van der Waals surface area contributed by atoms with E-state index in [1.54, 1.807) is 0 Å². The molecule has 0 heterocycles. The molecule has 0 aliphatic heterocycles. The van der Waals surface area contributed by atoms with Crippen LogP contribution >= 0.6 is 0 Å². The van der Waals surface area contributed by atoms with Crippen molar-refractivity contribution in [2.75, 3.05) is 6.54 Å². The molecule has 1 aliphatic rings. The van der Waals surface area contributed by atoms with Crippen molar-refractivity contribution in [2.24, 2.45) is 11.8 Å². The third-order valence-corrected chi connectivity index (χ3v) is 3.73. The van der Waals surface area contributed by atoms with Gasteiger partial charge in [-0.1, -0.05) is 13.8 Å². The van der Waals surface area contributed by atoms with Gasteiger partial charge in [0.05, 0.1) is 0 Å². The number of hydrogen-bond acceptors (Lipinski definition) is 3. The van der Waals surface area contributed by atoms with Crippen molar-refractivity contribution < 1.29 is 9.53 Å². The topological polar surface area (TPSA) is 50.4 Å². The van der Waals surface area contributed by atoms with Crippen LogP contribution < -0.4 is 10.6 Å². The van der Waals surface area contributed by atoms with Gasteiger partial charge in [0.25, 0.3) is 0 Å². The largest absolute Gasteiger partial charge is 0.444 e. The van der Waals surface area contributed by atoms with Crippen LogP contribution in [0.5, 0.6) is 0 Å². The lowest BCUT2D eigenvalue weighted by Crippen LogP contribution is -2.47. The Hall–Kier alpha value is -0.770. The summed E-state index contributed by atoms with van der Waals surface area (Å²) in [6.07, 6.45) is 4.65. The molecule has 0 aromatic carbocycles. The SMILES string of the molecule is CC(C)CCC(C)NC(CNC(=O)OC(C)(C)C)C1CC1. The molecule has 4 heteroatoms. The fourth-order valence-electron chi connectivity index (χ4n) is 2.40. The lowest BCUT2D eigenvalue weighted by Gasteiger charge is -2.25. The van der Waals surface area contributed by atoms with Crippen LogP contribution in [0.15, 0.2) is 0 Å². The number of alkyl carbamates (subject to hydrolysis) is 1. The molecule has 1 aliphatic carbocycles. The predicted molar refractivity (Wildman–Crippen MR) is 87.4 cm³/mol. The Morgan fingerprint density at radius 3 is 2.29 bits per heavy atom. The zero-order chi connectivity index (χ0) is 16.0. The summed E-state index contributed by atoms with van der Waals surface area (Å²) in [7, 11) is 0. The van der Waals surface area contributed by atoms with E-state index in [-0.39, 0.29) is 6.09 Å². The zero-order valence-electron chi connectivity index (χ0n) is 14.7. The van der Waals surface area contributed by atoms with Crippen molar-refractivity contribution >= 4 is 6.09 Å². The maximum Gasteiger partial charge on any atom is 0.407 e. The van der Waals surface area contributed by atoms with Crippen molar-refractivity contribution in [2.45, 2.75) is 84.9 Å². The lowest BCUT2D eigenvalue weighted by atomic mass is 10.0. The van der Waals surface area contributed by atoms with Crippen molar-refractivity contribution in [3.63, 3.8) is 0 Å². The fourth-order valence-corrected chi connectivity index (χ4v) is 2.40. The Kier molecular flexibility index (Phi) is 6.98. The molecule has 1 saturated carbocycles. The molecule has 21 heavy (non-hydrogen) atoms. The van der Waals surface area contributed by atoms with E-state index in [0.717, 1.165) is 5.92 Å². The van der Waals surface area contributed by atoms with Gasteiger partial charge in [-0.25, -0.2) is 4.79 Å². The molecule has 2 unspecified atom stereocenters. The second kappa shape index (κ2) is 8.02. The van der Waals surface area contributed by atoms with E-state index in [0.29, 0.717) is 24.5 Å². The fraction of sp³-hybridized carbons (Fsp3) is 0.941. The van der Waals surface area contributed by atoms with Gasteiger partial charge in [0, 0.05) is 18.6 Å². The molecule has 0 aromatic heterocycles. The Bertz CT molecular complexity index is 319. The molecule has 0 bridgehead atoms. The van der Waals surface area contributed by atoms with E-state index in [1.807, 2.05) is 20.8 Å². The van der Waals surface area contributed by atoms with Gasteiger partial charge in [-0.2, -0.15) is 0 Å². The standard InChI is InChI=1S/C17H34N2O2/c1-12(2)7-8-13(3)19-15(14-9-10-14)11-18-16(20)21-17(4,5)6/h12-15,19H,7-11H2,1-6H3,(H,18,20). The summed E-state index contributed by atoms with van der Waals surface area (Å²) in [6.45, 7) is 13.1. The first-order chi connectivity index (χ1) is 9.67. The zero-order valence-corrected chi connectivity index (χ0v) is 14.7. The number of rotatable bonds is 8. The van der Waals surface area contributed by atoms with Crippen LogP contribution in [0.4, 0.5) is 4.79 Å². The predicted octanol–water partition coefficient (Wildman–Crippen LogP) is 3.70. The normalized spacial score (nSPS) is 18.4. The smallest absolute Gasteiger partial charge is 0.407 e. The van der Waals surface area contributed by atoms with Gasteiger partial charge in [0.2, 0.25) is 0 Å². The molecule has 0 saturated heterocycles. The van der Waals surface area contributed by atoms with E-state index < -0.39 is 5.60 Å². The average Bonchev–Trinajstić information content (AvgIpc) is 3.13. The van der Waals surface area contributed by atoms with E-state index >= 15 is 0 Å². The number of carbonyl (C=O) groups is 1. The van der Waals surface area contributed by atoms with Crippen molar-refractivity contribution in [1.29, 1.82) is 0 Å². The van der Waals surface area contributed by atoms with Crippen molar-refractivity contribution in [3.8, 4) is 0 Å². The van der Waals surface area contributed by atoms with Gasteiger partial charge in [-0.05, 0) is 65.2 Å². The number of ether oxygens (including phenoxy) is 1. The van der Waals surface area contributed by atoms with E-state index in [9.17, 15) is 4.79 Å². The van der Waals surface area contributed by atoms with E-state index in [1.165, 1.54) is 25.7 Å². The van der Waals surface area contributed by atoms with Crippen molar-refractivity contribution in [1.82, 2.24) is 10.6 Å². The van der Waals surface area contributed by atoms with E-state index in [4.69, 9.17) is 4.74 Å².